The molecule has 1 rings (SSSR count). The van der Waals surface area contributed by atoms with Gasteiger partial charge in [-0.2, -0.15) is 0 Å². The number of amidine groups is 1. The summed E-state index contributed by atoms with van der Waals surface area (Å²) in [5.41, 5.74) is 7.32. The van der Waals surface area contributed by atoms with Gasteiger partial charge >= 0.3 is 0 Å². The molecule has 0 bridgehead atoms. The smallest absolute Gasteiger partial charge is 0.123 e. The summed E-state index contributed by atoms with van der Waals surface area (Å²) in [6.07, 6.45) is 0. The highest BCUT2D eigenvalue weighted by Crippen LogP contribution is 2.23. The van der Waals surface area contributed by atoms with E-state index in [9.17, 15) is 0 Å². The molecule has 0 heterocycles. The van der Waals surface area contributed by atoms with Gasteiger partial charge in [-0.1, -0.05) is 6.07 Å². The van der Waals surface area contributed by atoms with E-state index >= 15 is 0 Å². The van der Waals surface area contributed by atoms with Gasteiger partial charge in [0.15, 0.2) is 0 Å². The van der Waals surface area contributed by atoms with E-state index in [1.807, 2.05) is 25.1 Å². The Labute approximate surface area is 87.8 Å². The number of nitrogens with two attached hydrogens (primary N) is 1. The molecule has 0 amide bonds. The zero-order chi connectivity index (χ0) is 10.6. The second kappa shape index (κ2) is 5.02. The van der Waals surface area contributed by atoms with Gasteiger partial charge < -0.3 is 10.8 Å². The van der Waals surface area contributed by atoms with Crippen LogP contribution in [0, 0.1) is 12.3 Å². The molecule has 0 fully saturated rings. The lowest BCUT2D eigenvalue weighted by Gasteiger charge is -2.07. The minimum Gasteiger partial charge on any atom is -0.396 e. The Hall–Kier alpha value is -1.00. The maximum Gasteiger partial charge on any atom is 0.123 e. The van der Waals surface area contributed by atoms with Crippen LogP contribution in [0.4, 0.5) is 0 Å². The maximum absolute atomic E-state index is 8.72. The molecular weight excluding hydrogens is 196 g/mol. The molecule has 0 saturated carbocycles. The second-order valence-electron chi connectivity index (χ2n) is 2.99. The summed E-state index contributed by atoms with van der Waals surface area (Å²) in [6.45, 7) is 2.13. The number of hydrogen-bond donors (Lipinski definition) is 3. The molecule has 0 saturated heterocycles. The largest absolute Gasteiger partial charge is 0.396 e. The van der Waals surface area contributed by atoms with E-state index in [1.165, 1.54) is 11.8 Å². The van der Waals surface area contributed by atoms with Crippen molar-refractivity contribution in [3.8, 4) is 0 Å². The molecule has 14 heavy (non-hydrogen) atoms. The lowest BCUT2D eigenvalue weighted by atomic mass is 10.1. The van der Waals surface area contributed by atoms with Crippen molar-refractivity contribution < 1.29 is 5.11 Å². The Morgan fingerprint density at radius 3 is 2.86 bits per heavy atom. The highest BCUT2D eigenvalue weighted by atomic mass is 32.2. The molecule has 0 aliphatic carbocycles. The summed E-state index contributed by atoms with van der Waals surface area (Å²) in [7, 11) is 0. The standard InChI is InChI=1S/C10H14N2OS/c1-7-2-3-8(10(11)12)9(6-7)14-5-4-13/h2-3,6,13H,4-5H2,1H3,(H3,11,12). The summed E-state index contributed by atoms with van der Waals surface area (Å²) in [5.74, 6) is 0.703. The molecular formula is C10H14N2OS. The summed E-state index contributed by atoms with van der Waals surface area (Å²) >= 11 is 1.52. The first-order chi connectivity index (χ1) is 6.65. The van der Waals surface area contributed by atoms with Gasteiger partial charge in [0.1, 0.15) is 5.84 Å². The van der Waals surface area contributed by atoms with Crippen molar-refractivity contribution >= 4 is 17.6 Å². The Morgan fingerprint density at radius 1 is 1.57 bits per heavy atom. The molecule has 0 aliphatic heterocycles. The first-order valence-electron chi connectivity index (χ1n) is 4.34. The van der Waals surface area contributed by atoms with Gasteiger partial charge in [-0.25, -0.2) is 0 Å². The van der Waals surface area contributed by atoms with Gasteiger partial charge in [-0.05, 0) is 24.6 Å². The lowest BCUT2D eigenvalue weighted by Crippen LogP contribution is -2.12. The lowest BCUT2D eigenvalue weighted by molar-refractivity contribution is 0.322. The fraction of sp³-hybridized carbons (Fsp3) is 0.300. The zero-order valence-corrected chi connectivity index (χ0v) is 8.90. The maximum atomic E-state index is 8.72. The van der Waals surface area contributed by atoms with Crippen LogP contribution in [-0.2, 0) is 0 Å². The number of benzene rings is 1. The minimum absolute atomic E-state index is 0.0745. The average molecular weight is 210 g/mol. The van der Waals surface area contributed by atoms with Gasteiger partial charge in [0.25, 0.3) is 0 Å². The van der Waals surface area contributed by atoms with Crippen molar-refractivity contribution in [1.82, 2.24) is 0 Å². The van der Waals surface area contributed by atoms with E-state index in [0.717, 1.165) is 16.0 Å². The summed E-state index contributed by atoms with van der Waals surface area (Å²) in [5, 5.41) is 16.1. The fourth-order valence-electron chi connectivity index (χ4n) is 1.13. The van der Waals surface area contributed by atoms with Crippen LogP contribution in [0.3, 0.4) is 0 Å². The molecule has 4 N–H and O–H groups in total. The van der Waals surface area contributed by atoms with Crippen LogP contribution < -0.4 is 5.73 Å². The zero-order valence-electron chi connectivity index (χ0n) is 8.08. The predicted octanol–water partition coefficient (Wildman–Crippen LogP) is 1.36. The molecule has 4 heteroatoms. The number of aliphatic hydroxyl groups excluding tert-OH is 1. The first-order valence-corrected chi connectivity index (χ1v) is 5.32. The van der Waals surface area contributed by atoms with Gasteiger partial charge in [-0.15, -0.1) is 11.8 Å². The van der Waals surface area contributed by atoms with Crippen molar-refractivity contribution in [3.63, 3.8) is 0 Å². The number of hydrogen-bond acceptors (Lipinski definition) is 3. The van der Waals surface area contributed by atoms with Crippen LogP contribution in [-0.4, -0.2) is 23.3 Å². The van der Waals surface area contributed by atoms with Gasteiger partial charge in [0, 0.05) is 16.2 Å². The van der Waals surface area contributed by atoms with Crippen LogP contribution >= 0.6 is 11.8 Å². The molecule has 0 spiro atoms. The Bertz CT molecular complexity index is 339. The van der Waals surface area contributed by atoms with E-state index in [1.54, 1.807) is 0 Å². The van der Waals surface area contributed by atoms with Crippen LogP contribution in [0.2, 0.25) is 0 Å². The monoisotopic (exact) mass is 210 g/mol. The van der Waals surface area contributed by atoms with E-state index in [4.69, 9.17) is 16.2 Å². The van der Waals surface area contributed by atoms with Gasteiger partial charge in [0.2, 0.25) is 0 Å². The fourth-order valence-corrected chi connectivity index (χ4v) is 2.04. The number of aryl methyl sites for hydroxylation is 1. The van der Waals surface area contributed by atoms with Gasteiger partial charge in [-0.3, -0.25) is 5.41 Å². The van der Waals surface area contributed by atoms with Crippen molar-refractivity contribution in [1.29, 1.82) is 5.41 Å². The molecule has 3 nitrogen and oxygen atoms in total. The molecule has 1 aromatic carbocycles. The van der Waals surface area contributed by atoms with E-state index in [-0.39, 0.29) is 12.4 Å². The van der Waals surface area contributed by atoms with Crippen molar-refractivity contribution in [2.24, 2.45) is 5.73 Å². The molecule has 0 unspecified atom stereocenters. The molecule has 76 valence electrons. The summed E-state index contributed by atoms with van der Waals surface area (Å²) in [6, 6.07) is 5.76. The molecule has 0 aromatic heterocycles. The first kappa shape index (κ1) is 11.1. The third-order valence-electron chi connectivity index (χ3n) is 1.78. The van der Waals surface area contributed by atoms with Crippen LogP contribution in [0.5, 0.6) is 0 Å². The summed E-state index contributed by atoms with van der Waals surface area (Å²) in [4.78, 5) is 0.964. The predicted molar refractivity (Wildman–Crippen MR) is 60.0 cm³/mol. The van der Waals surface area contributed by atoms with Crippen LogP contribution in [0.15, 0.2) is 23.1 Å². The molecule has 0 aliphatic rings. The molecule has 1 aromatic rings. The number of aliphatic hydroxyl groups is 1. The van der Waals surface area contributed by atoms with Crippen LogP contribution in [0.1, 0.15) is 11.1 Å². The Balaban J connectivity index is 2.97. The quantitative estimate of drug-likeness (QED) is 0.399. The second-order valence-corrected chi connectivity index (χ2v) is 4.12. The van der Waals surface area contributed by atoms with E-state index in [2.05, 4.69) is 0 Å². The third-order valence-corrected chi connectivity index (χ3v) is 2.81. The number of nitrogens with one attached hydrogen (secondary N) is 1. The van der Waals surface area contributed by atoms with Crippen molar-refractivity contribution in [2.45, 2.75) is 11.8 Å². The van der Waals surface area contributed by atoms with Crippen molar-refractivity contribution in [3.05, 3.63) is 29.3 Å². The molecule has 0 radical (unpaired) electrons. The molecule has 0 atom stereocenters. The Kier molecular flexibility index (Phi) is 3.98. The third kappa shape index (κ3) is 2.75. The van der Waals surface area contributed by atoms with Gasteiger partial charge in [0.05, 0.1) is 6.61 Å². The highest BCUT2D eigenvalue weighted by Gasteiger charge is 2.05. The van der Waals surface area contributed by atoms with E-state index in [0.29, 0.717) is 5.75 Å². The summed E-state index contributed by atoms with van der Waals surface area (Å²) < 4.78 is 0. The SMILES string of the molecule is Cc1ccc(C(=N)N)c(SCCO)c1. The minimum atomic E-state index is 0.0745. The topological polar surface area (TPSA) is 70.1 Å². The normalized spacial score (nSPS) is 10.1. The number of thioether (sulfide) groups is 1. The number of rotatable bonds is 4. The average Bonchev–Trinajstić information content (AvgIpc) is 2.14. The van der Waals surface area contributed by atoms with Crippen LogP contribution in [0.25, 0.3) is 0 Å². The Morgan fingerprint density at radius 2 is 2.29 bits per heavy atom. The highest BCUT2D eigenvalue weighted by molar-refractivity contribution is 7.99. The number of nitrogen functional groups attached to an aromatic ring is 1. The van der Waals surface area contributed by atoms with E-state index < -0.39 is 0 Å². The van der Waals surface area contributed by atoms with Crippen molar-refractivity contribution in [2.75, 3.05) is 12.4 Å².